The third kappa shape index (κ3) is 4.23. The lowest BCUT2D eigenvalue weighted by Gasteiger charge is -2.33. The van der Waals surface area contributed by atoms with Crippen molar-refractivity contribution in [2.24, 2.45) is 5.10 Å². The average Bonchev–Trinajstić information content (AvgIpc) is 2.70. The van der Waals surface area contributed by atoms with Gasteiger partial charge in [-0.05, 0) is 83.4 Å². The van der Waals surface area contributed by atoms with E-state index in [4.69, 9.17) is 13.9 Å². The molecule has 1 aliphatic carbocycles. The summed E-state index contributed by atoms with van der Waals surface area (Å²) in [5, 5.41) is 5.66. The number of ether oxygens (including phenoxy) is 2. The van der Waals surface area contributed by atoms with Crippen LogP contribution in [-0.4, -0.2) is 18.2 Å². The van der Waals surface area contributed by atoms with Gasteiger partial charge in [0, 0.05) is 28.8 Å². The fraction of sp³-hybridized carbons (Fsp3) is 0.500. The number of nitrogens with zero attached hydrogens (tertiary/aromatic N) is 1. The number of aryl methyl sites for hydroxylation is 2. The third-order valence-corrected chi connectivity index (χ3v) is 5.76. The molecule has 1 aliphatic heterocycles. The monoisotopic (exact) mass is 410 g/mol. The maximum absolute atomic E-state index is 11.6. The summed E-state index contributed by atoms with van der Waals surface area (Å²) in [4.78, 5) is 11.6. The van der Waals surface area contributed by atoms with Crippen LogP contribution < -0.4 is 15.7 Å². The molecular formula is C24H30N2O4. The highest BCUT2D eigenvalue weighted by molar-refractivity contribution is 5.84. The van der Waals surface area contributed by atoms with Crippen molar-refractivity contribution in [3.8, 4) is 5.75 Å². The van der Waals surface area contributed by atoms with Crippen molar-refractivity contribution in [1.29, 1.82) is 0 Å². The zero-order chi connectivity index (χ0) is 21.3. The minimum Gasteiger partial charge on any atom is -0.487 e. The first-order valence-corrected chi connectivity index (χ1v) is 10.8. The molecule has 6 nitrogen and oxygen atoms in total. The summed E-state index contributed by atoms with van der Waals surface area (Å²) in [5.41, 5.74) is 8.46. The Kier molecular flexibility index (Phi) is 5.58. The van der Waals surface area contributed by atoms with Crippen molar-refractivity contribution in [3.63, 3.8) is 0 Å². The van der Waals surface area contributed by atoms with E-state index in [-0.39, 0.29) is 11.6 Å². The van der Waals surface area contributed by atoms with Gasteiger partial charge in [0.1, 0.15) is 16.9 Å². The fourth-order valence-electron chi connectivity index (χ4n) is 4.23. The molecule has 0 spiro atoms. The van der Waals surface area contributed by atoms with Gasteiger partial charge in [0.2, 0.25) is 5.55 Å². The molecule has 0 bridgehead atoms. The van der Waals surface area contributed by atoms with E-state index in [1.807, 2.05) is 6.07 Å². The number of allylic oxidation sites excluding steroid dienone is 1. The quantitative estimate of drug-likeness (QED) is 0.462. The third-order valence-electron chi connectivity index (χ3n) is 5.76. The van der Waals surface area contributed by atoms with Gasteiger partial charge in [-0.3, -0.25) is 5.43 Å². The predicted molar refractivity (Wildman–Crippen MR) is 115 cm³/mol. The molecule has 0 saturated carbocycles. The first-order chi connectivity index (χ1) is 14.4. The molecule has 0 fully saturated rings. The Balaban J connectivity index is 1.77. The summed E-state index contributed by atoms with van der Waals surface area (Å²) in [7, 11) is 0. The van der Waals surface area contributed by atoms with Gasteiger partial charge in [0.15, 0.2) is 0 Å². The van der Waals surface area contributed by atoms with Gasteiger partial charge in [-0.2, -0.15) is 0 Å². The van der Waals surface area contributed by atoms with Crippen molar-refractivity contribution >= 4 is 16.9 Å². The average molecular weight is 411 g/mol. The molecule has 0 unspecified atom stereocenters. The lowest BCUT2D eigenvalue weighted by Crippen LogP contribution is -2.32. The molecule has 2 heterocycles. The van der Waals surface area contributed by atoms with Crippen LogP contribution in [0.1, 0.15) is 63.6 Å². The Labute approximate surface area is 176 Å². The van der Waals surface area contributed by atoms with Crippen molar-refractivity contribution < 1.29 is 18.7 Å². The van der Waals surface area contributed by atoms with E-state index >= 15 is 0 Å². The number of nitrogens with one attached hydrogen (secondary N) is 1. The highest BCUT2D eigenvalue weighted by Crippen LogP contribution is 2.37. The van der Waals surface area contributed by atoms with Crippen LogP contribution in [0.2, 0.25) is 0 Å². The highest BCUT2D eigenvalue weighted by atomic mass is 16.5. The van der Waals surface area contributed by atoms with Crippen LogP contribution in [0.3, 0.4) is 0 Å². The molecule has 0 amide bonds. The molecule has 30 heavy (non-hydrogen) atoms. The normalized spacial score (nSPS) is 18.4. The first-order valence-electron chi connectivity index (χ1n) is 10.8. The van der Waals surface area contributed by atoms with E-state index < -0.39 is 0 Å². The minimum atomic E-state index is -0.387. The van der Waals surface area contributed by atoms with Crippen molar-refractivity contribution in [1.82, 2.24) is 5.43 Å². The second-order valence-corrected chi connectivity index (χ2v) is 8.69. The lowest BCUT2D eigenvalue weighted by molar-refractivity contribution is -0.137. The van der Waals surface area contributed by atoms with E-state index in [9.17, 15) is 4.79 Å². The fourth-order valence-corrected chi connectivity index (χ4v) is 4.23. The Morgan fingerprint density at radius 1 is 1.23 bits per heavy atom. The molecule has 2 aromatic rings. The Hall–Kier alpha value is -2.76. The number of benzene rings is 1. The zero-order valence-electron chi connectivity index (χ0n) is 18.3. The van der Waals surface area contributed by atoms with E-state index in [0.717, 1.165) is 49.0 Å². The van der Waals surface area contributed by atoms with E-state index in [2.05, 4.69) is 30.4 Å². The Morgan fingerprint density at radius 3 is 2.77 bits per heavy atom. The molecule has 1 N–H and O–H groups in total. The summed E-state index contributed by atoms with van der Waals surface area (Å²) in [6.07, 6.45) is 7.67. The molecule has 0 atom stereocenters. The maximum atomic E-state index is 11.6. The molecule has 0 radical (unpaired) electrons. The first kappa shape index (κ1) is 20.5. The summed E-state index contributed by atoms with van der Waals surface area (Å²) >= 11 is 0. The molecule has 2 aliphatic rings. The van der Waals surface area contributed by atoms with Gasteiger partial charge in [-0.1, -0.05) is 0 Å². The minimum absolute atomic E-state index is 0.168. The van der Waals surface area contributed by atoms with E-state index in [1.54, 1.807) is 13.8 Å². The second kappa shape index (κ2) is 8.17. The number of hydrogen-bond acceptors (Lipinski definition) is 6. The smallest absolute Gasteiger partial charge is 0.332 e. The number of fused-ring (bicyclic) bond motifs is 4. The number of carbonyl (C=O) groups excluding carboxylic acids is 1. The largest absolute Gasteiger partial charge is 0.487 e. The van der Waals surface area contributed by atoms with E-state index in [1.165, 1.54) is 29.0 Å². The standard InChI is InChI=1S/C24H30N2O4/c1-5-28-22(27)12-15(2)25-26-23-18-9-7-6-8-17(18)19-13-16-10-11-24(3,4)30-20(16)14-21(19)29-23/h12-14,25H,5-11H2,1-4H3. The summed E-state index contributed by atoms with van der Waals surface area (Å²) in [6.45, 7) is 8.14. The molecule has 0 saturated heterocycles. The Bertz CT molecular complexity index is 1080. The molecular weight excluding hydrogens is 380 g/mol. The summed E-state index contributed by atoms with van der Waals surface area (Å²) < 4.78 is 17.4. The van der Waals surface area contributed by atoms with Crippen LogP contribution in [0.25, 0.3) is 11.0 Å². The van der Waals surface area contributed by atoms with Crippen LogP contribution >= 0.6 is 0 Å². The number of rotatable bonds is 4. The van der Waals surface area contributed by atoms with Gasteiger partial charge in [-0.25, -0.2) is 4.79 Å². The van der Waals surface area contributed by atoms with Crippen molar-refractivity contribution in [2.75, 3.05) is 6.61 Å². The SMILES string of the molecule is CCOC(=O)C=C(C)NN=c1oc2cc3c(cc2c2c1CCCC2)CCC(C)(C)O3. The van der Waals surface area contributed by atoms with Crippen LogP contribution in [0.5, 0.6) is 5.75 Å². The topological polar surface area (TPSA) is 73.1 Å². The van der Waals surface area contributed by atoms with Crippen LogP contribution in [-0.2, 0) is 28.8 Å². The second-order valence-electron chi connectivity index (χ2n) is 8.69. The van der Waals surface area contributed by atoms with Crippen molar-refractivity contribution in [2.45, 2.75) is 71.8 Å². The van der Waals surface area contributed by atoms with Gasteiger partial charge in [-0.15, -0.1) is 5.10 Å². The molecule has 4 rings (SSSR count). The molecule has 6 heteroatoms. The molecule has 1 aromatic carbocycles. The highest BCUT2D eigenvalue weighted by Gasteiger charge is 2.28. The number of hydrogen-bond donors (Lipinski definition) is 1. The maximum Gasteiger partial charge on any atom is 0.332 e. The zero-order valence-corrected chi connectivity index (χ0v) is 18.3. The van der Waals surface area contributed by atoms with Gasteiger partial charge >= 0.3 is 5.97 Å². The predicted octanol–water partition coefficient (Wildman–Crippen LogP) is 4.29. The number of esters is 1. The van der Waals surface area contributed by atoms with Crippen LogP contribution in [0.4, 0.5) is 0 Å². The summed E-state index contributed by atoms with van der Waals surface area (Å²) in [6, 6.07) is 4.26. The van der Waals surface area contributed by atoms with Crippen LogP contribution in [0, 0.1) is 0 Å². The van der Waals surface area contributed by atoms with Crippen molar-refractivity contribution in [3.05, 3.63) is 46.2 Å². The Morgan fingerprint density at radius 2 is 2.00 bits per heavy atom. The lowest BCUT2D eigenvalue weighted by atomic mass is 9.88. The number of carbonyl (C=O) groups is 1. The van der Waals surface area contributed by atoms with Gasteiger partial charge in [0.25, 0.3) is 0 Å². The van der Waals surface area contributed by atoms with Gasteiger partial charge in [0.05, 0.1) is 6.61 Å². The summed E-state index contributed by atoms with van der Waals surface area (Å²) in [5.74, 6) is 0.511. The van der Waals surface area contributed by atoms with Crippen LogP contribution in [0.15, 0.2) is 33.4 Å². The van der Waals surface area contributed by atoms with Gasteiger partial charge < -0.3 is 13.9 Å². The molecule has 160 valence electrons. The van der Waals surface area contributed by atoms with E-state index in [0.29, 0.717) is 17.9 Å². The molecule has 1 aromatic heterocycles.